The van der Waals surface area contributed by atoms with Crippen molar-refractivity contribution in [1.29, 1.82) is 0 Å². The van der Waals surface area contributed by atoms with Crippen LogP contribution in [-0.2, 0) is 16.1 Å². The highest BCUT2D eigenvalue weighted by molar-refractivity contribution is 5.80. The molecule has 1 fully saturated rings. The van der Waals surface area contributed by atoms with Crippen molar-refractivity contribution < 1.29 is 9.53 Å². The van der Waals surface area contributed by atoms with Crippen molar-refractivity contribution in [2.24, 2.45) is 5.41 Å². The first-order valence-corrected chi connectivity index (χ1v) is 6.80. The molecule has 2 rings (SSSR count). The van der Waals surface area contributed by atoms with Gasteiger partial charge in [-0.25, -0.2) is 0 Å². The molecule has 1 aromatic carbocycles. The maximum atomic E-state index is 11.8. The smallest absolute Gasteiger partial charge is 0.313 e. The molecule has 0 N–H and O–H groups in total. The standard InChI is InChI=1S/C16H23NO2/c1-12-5-6-13(2)14(9-12)10-17(3)11-16(7-8-16)15(18)19-4/h5-6,9H,7-8,10-11H2,1-4H3. The second-order valence-electron chi connectivity index (χ2n) is 5.87. The molecule has 3 nitrogen and oxygen atoms in total. The van der Waals surface area contributed by atoms with Crippen molar-refractivity contribution >= 4 is 5.97 Å². The van der Waals surface area contributed by atoms with E-state index in [9.17, 15) is 4.79 Å². The Kier molecular flexibility index (Phi) is 3.95. The van der Waals surface area contributed by atoms with Gasteiger partial charge in [0.2, 0.25) is 0 Å². The number of esters is 1. The number of hydrogen-bond acceptors (Lipinski definition) is 3. The average Bonchev–Trinajstić information content (AvgIpc) is 3.13. The lowest BCUT2D eigenvalue weighted by molar-refractivity contribution is -0.147. The minimum atomic E-state index is -0.235. The molecule has 0 atom stereocenters. The predicted octanol–water partition coefficient (Wildman–Crippen LogP) is 2.69. The van der Waals surface area contributed by atoms with Crippen molar-refractivity contribution in [1.82, 2.24) is 4.90 Å². The molecule has 0 amide bonds. The van der Waals surface area contributed by atoms with Crippen LogP contribution >= 0.6 is 0 Å². The van der Waals surface area contributed by atoms with Gasteiger partial charge in [0.05, 0.1) is 12.5 Å². The summed E-state index contributed by atoms with van der Waals surface area (Å²) >= 11 is 0. The molecule has 0 radical (unpaired) electrons. The summed E-state index contributed by atoms with van der Waals surface area (Å²) in [6, 6.07) is 6.52. The minimum absolute atomic E-state index is 0.0553. The zero-order valence-corrected chi connectivity index (χ0v) is 12.3. The van der Waals surface area contributed by atoms with Gasteiger partial charge >= 0.3 is 5.97 Å². The maximum Gasteiger partial charge on any atom is 0.313 e. The largest absolute Gasteiger partial charge is 0.469 e. The van der Waals surface area contributed by atoms with Crippen molar-refractivity contribution in [3.8, 4) is 0 Å². The third-order valence-electron chi connectivity index (χ3n) is 3.99. The molecule has 0 bridgehead atoms. The van der Waals surface area contributed by atoms with E-state index in [0.717, 1.165) is 25.9 Å². The van der Waals surface area contributed by atoms with Gasteiger partial charge in [0.15, 0.2) is 0 Å². The van der Waals surface area contributed by atoms with Gasteiger partial charge in [-0.2, -0.15) is 0 Å². The van der Waals surface area contributed by atoms with Gasteiger partial charge in [0.1, 0.15) is 0 Å². The molecular weight excluding hydrogens is 238 g/mol. The van der Waals surface area contributed by atoms with Crippen LogP contribution in [0.2, 0.25) is 0 Å². The number of rotatable bonds is 5. The predicted molar refractivity (Wildman–Crippen MR) is 75.9 cm³/mol. The number of methoxy groups -OCH3 is 1. The summed E-state index contributed by atoms with van der Waals surface area (Å²) in [5.41, 5.74) is 3.69. The zero-order chi connectivity index (χ0) is 14.0. The van der Waals surface area contributed by atoms with Crippen LogP contribution in [0.25, 0.3) is 0 Å². The number of nitrogens with zero attached hydrogens (tertiary/aromatic N) is 1. The topological polar surface area (TPSA) is 29.5 Å². The van der Waals surface area contributed by atoms with Crippen LogP contribution in [0.1, 0.15) is 29.5 Å². The fourth-order valence-electron chi connectivity index (χ4n) is 2.63. The van der Waals surface area contributed by atoms with Gasteiger partial charge in [-0.05, 0) is 44.9 Å². The lowest BCUT2D eigenvalue weighted by Crippen LogP contribution is -2.32. The summed E-state index contributed by atoms with van der Waals surface area (Å²) in [5.74, 6) is -0.0553. The number of hydrogen-bond donors (Lipinski definition) is 0. The third-order valence-corrected chi connectivity index (χ3v) is 3.99. The van der Waals surface area contributed by atoms with Gasteiger partial charge in [-0.15, -0.1) is 0 Å². The summed E-state index contributed by atoms with van der Waals surface area (Å²) in [6.07, 6.45) is 1.91. The SMILES string of the molecule is COC(=O)C1(CN(C)Cc2cc(C)ccc2C)CC1. The lowest BCUT2D eigenvalue weighted by atomic mass is 10.0. The van der Waals surface area contributed by atoms with Gasteiger partial charge in [-0.3, -0.25) is 4.79 Å². The van der Waals surface area contributed by atoms with Crippen molar-refractivity contribution in [3.63, 3.8) is 0 Å². The molecular formula is C16H23NO2. The molecule has 1 aromatic rings. The number of carbonyl (C=O) groups excluding carboxylic acids is 1. The summed E-state index contributed by atoms with van der Waals surface area (Å²) in [6.45, 7) is 5.91. The molecule has 0 unspecified atom stereocenters. The highest BCUT2D eigenvalue weighted by atomic mass is 16.5. The van der Waals surface area contributed by atoms with E-state index in [0.29, 0.717) is 0 Å². The number of carbonyl (C=O) groups is 1. The van der Waals surface area contributed by atoms with E-state index in [4.69, 9.17) is 4.74 Å². The van der Waals surface area contributed by atoms with E-state index in [2.05, 4.69) is 44.0 Å². The highest BCUT2D eigenvalue weighted by Crippen LogP contribution is 2.47. The Morgan fingerprint density at radius 3 is 2.63 bits per heavy atom. The molecule has 0 aromatic heterocycles. The molecule has 1 saturated carbocycles. The first-order chi connectivity index (χ1) is 8.97. The van der Waals surface area contributed by atoms with E-state index < -0.39 is 0 Å². The summed E-state index contributed by atoms with van der Waals surface area (Å²) < 4.78 is 4.91. The summed E-state index contributed by atoms with van der Waals surface area (Å²) in [7, 11) is 3.55. The summed E-state index contributed by atoms with van der Waals surface area (Å²) in [5, 5.41) is 0. The Hall–Kier alpha value is -1.35. The van der Waals surface area contributed by atoms with Gasteiger partial charge in [-0.1, -0.05) is 23.8 Å². The number of aryl methyl sites for hydroxylation is 2. The Bertz CT molecular complexity index is 478. The number of ether oxygens (including phenoxy) is 1. The van der Waals surface area contributed by atoms with E-state index in [-0.39, 0.29) is 11.4 Å². The molecule has 104 valence electrons. The van der Waals surface area contributed by atoms with Crippen LogP contribution in [0.3, 0.4) is 0 Å². The van der Waals surface area contributed by atoms with Crippen LogP contribution in [0.15, 0.2) is 18.2 Å². The Balaban J connectivity index is 2.00. The fraction of sp³-hybridized carbons (Fsp3) is 0.562. The zero-order valence-electron chi connectivity index (χ0n) is 12.3. The van der Waals surface area contributed by atoms with Gasteiger partial charge in [0.25, 0.3) is 0 Å². The van der Waals surface area contributed by atoms with Gasteiger partial charge < -0.3 is 9.64 Å². The molecule has 0 aliphatic heterocycles. The molecule has 0 spiro atoms. The molecule has 1 aliphatic carbocycles. The first kappa shape index (κ1) is 14.1. The highest BCUT2D eigenvalue weighted by Gasteiger charge is 2.51. The minimum Gasteiger partial charge on any atom is -0.469 e. The van der Waals surface area contributed by atoms with E-state index in [1.807, 2.05) is 0 Å². The summed E-state index contributed by atoms with van der Waals surface area (Å²) in [4.78, 5) is 14.0. The maximum absolute atomic E-state index is 11.8. The normalized spacial score (nSPS) is 16.5. The van der Waals surface area contributed by atoms with Crippen molar-refractivity contribution in [3.05, 3.63) is 34.9 Å². The van der Waals surface area contributed by atoms with Crippen LogP contribution in [-0.4, -0.2) is 31.6 Å². The van der Waals surface area contributed by atoms with Crippen LogP contribution in [0, 0.1) is 19.3 Å². The third kappa shape index (κ3) is 3.16. The van der Waals surface area contributed by atoms with Crippen molar-refractivity contribution in [2.75, 3.05) is 20.7 Å². The molecule has 19 heavy (non-hydrogen) atoms. The van der Waals surface area contributed by atoms with Crippen LogP contribution in [0.5, 0.6) is 0 Å². The average molecular weight is 261 g/mol. The first-order valence-electron chi connectivity index (χ1n) is 6.80. The Morgan fingerprint density at radius 2 is 2.05 bits per heavy atom. The van der Waals surface area contributed by atoms with E-state index >= 15 is 0 Å². The quantitative estimate of drug-likeness (QED) is 0.763. The molecule has 3 heteroatoms. The second kappa shape index (κ2) is 5.33. The van der Waals surface area contributed by atoms with Crippen LogP contribution in [0.4, 0.5) is 0 Å². The van der Waals surface area contributed by atoms with Gasteiger partial charge in [0, 0.05) is 13.1 Å². The number of benzene rings is 1. The second-order valence-corrected chi connectivity index (χ2v) is 5.87. The van der Waals surface area contributed by atoms with Crippen molar-refractivity contribution in [2.45, 2.75) is 33.2 Å². The molecule has 0 heterocycles. The molecule has 0 saturated heterocycles. The molecule has 1 aliphatic rings. The lowest BCUT2D eigenvalue weighted by Gasteiger charge is -2.23. The monoisotopic (exact) mass is 261 g/mol. The Labute approximate surface area is 115 Å². The van der Waals surface area contributed by atoms with Crippen LogP contribution < -0.4 is 0 Å². The van der Waals surface area contributed by atoms with E-state index in [1.54, 1.807) is 0 Å². The van der Waals surface area contributed by atoms with E-state index in [1.165, 1.54) is 23.8 Å². The Morgan fingerprint density at radius 1 is 1.37 bits per heavy atom. The fourth-order valence-corrected chi connectivity index (χ4v) is 2.63.